The highest BCUT2D eigenvalue weighted by Gasteiger charge is 2.12. The maximum atomic E-state index is 6.19. The molecule has 5 nitrogen and oxygen atoms in total. The Morgan fingerprint density at radius 1 is 1.00 bits per heavy atom. The summed E-state index contributed by atoms with van der Waals surface area (Å²) >= 11 is 6.19. The first kappa shape index (κ1) is 9.73. The Bertz CT molecular complexity index is 899. The average Bonchev–Trinajstić information content (AvgIpc) is 2.78. The van der Waals surface area contributed by atoms with Crippen molar-refractivity contribution in [3.8, 4) is 0 Å². The van der Waals surface area contributed by atoms with Gasteiger partial charge in [-0.25, -0.2) is 14.5 Å². The Morgan fingerprint density at radius 3 is 2.83 bits per heavy atom. The van der Waals surface area contributed by atoms with Crippen molar-refractivity contribution in [3.05, 3.63) is 42.2 Å². The highest BCUT2D eigenvalue weighted by molar-refractivity contribution is 6.35. The fourth-order valence-electron chi connectivity index (χ4n) is 2.11. The third-order valence-corrected chi connectivity index (χ3v) is 3.21. The highest BCUT2D eigenvalue weighted by atomic mass is 35.5. The number of pyridine rings is 2. The second-order valence-corrected chi connectivity index (χ2v) is 4.29. The first-order chi connectivity index (χ1) is 8.84. The molecular formula is C12H6ClN5. The largest absolute Gasteiger partial charge is 0.264 e. The quantitative estimate of drug-likeness (QED) is 0.453. The van der Waals surface area contributed by atoms with Gasteiger partial charge in [-0.2, -0.15) is 5.10 Å². The van der Waals surface area contributed by atoms with E-state index in [1.54, 1.807) is 29.4 Å². The first-order valence-corrected chi connectivity index (χ1v) is 5.74. The lowest BCUT2D eigenvalue weighted by molar-refractivity contribution is 0.939. The molecule has 0 N–H and O–H groups in total. The lowest BCUT2D eigenvalue weighted by atomic mass is 10.2. The van der Waals surface area contributed by atoms with Crippen LogP contribution in [0.5, 0.6) is 0 Å². The minimum Gasteiger partial charge on any atom is -0.264 e. The minimum absolute atomic E-state index is 0.442. The molecule has 0 bridgehead atoms. The zero-order valence-electron chi connectivity index (χ0n) is 9.08. The normalized spacial score (nSPS) is 11.6. The molecule has 0 saturated heterocycles. The fraction of sp³-hybridized carbons (Fsp3) is 0. The molecule has 18 heavy (non-hydrogen) atoms. The summed E-state index contributed by atoms with van der Waals surface area (Å²) < 4.78 is 1.70. The van der Waals surface area contributed by atoms with Gasteiger partial charge in [0.15, 0.2) is 0 Å². The van der Waals surface area contributed by atoms with Crippen LogP contribution in [0.25, 0.3) is 27.3 Å². The smallest absolute Gasteiger partial charge is 0.139 e. The lowest BCUT2D eigenvalue weighted by Gasteiger charge is -1.99. The molecule has 0 aliphatic heterocycles. The molecule has 0 aliphatic carbocycles. The van der Waals surface area contributed by atoms with Crippen LogP contribution in [-0.2, 0) is 0 Å². The number of nitrogens with zero attached hydrogens (tertiary/aromatic N) is 5. The first-order valence-electron chi connectivity index (χ1n) is 5.36. The van der Waals surface area contributed by atoms with Gasteiger partial charge in [-0.1, -0.05) is 11.6 Å². The van der Waals surface area contributed by atoms with Crippen molar-refractivity contribution in [1.29, 1.82) is 0 Å². The van der Waals surface area contributed by atoms with E-state index in [2.05, 4.69) is 20.1 Å². The van der Waals surface area contributed by atoms with Crippen LogP contribution in [0.15, 0.2) is 37.1 Å². The number of fused-ring (bicyclic) bond motifs is 5. The van der Waals surface area contributed by atoms with Crippen LogP contribution in [0, 0.1) is 0 Å². The molecule has 0 fully saturated rings. The third kappa shape index (κ3) is 1.16. The van der Waals surface area contributed by atoms with E-state index in [9.17, 15) is 0 Å². The summed E-state index contributed by atoms with van der Waals surface area (Å²) in [6, 6.07) is 3.76. The van der Waals surface area contributed by atoms with Gasteiger partial charge in [0.1, 0.15) is 22.5 Å². The van der Waals surface area contributed by atoms with Crippen LogP contribution in [-0.4, -0.2) is 24.6 Å². The molecule has 0 amide bonds. The van der Waals surface area contributed by atoms with Crippen LogP contribution < -0.4 is 0 Å². The predicted molar refractivity (Wildman–Crippen MR) is 68.6 cm³/mol. The highest BCUT2D eigenvalue weighted by Crippen LogP contribution is 2.29. The molecule has 0 saturated carbocycles. The molecular weight excluding hydrogens is 250 g/mol. The summed E-state index contributed by atoms with van der Waals surface area (Å²) in [4.78, 5) is 12.5. The van der Waals surface area contributed by atoms with Gasteiger partial charge in [0.25, 0.3) is 0 Å². The number of aromatic nitrogens is 5. The van der Waals surface area contributed by atoms with E-state index >= 15 is 0 Å². The predicted octanol–water partition coefficient (Wildman–Crippen LogP) is 2.48. The van der Waals surface area contributed by atoms with Gasteiger partial charge in [0.2, 0.25) is 0 Å². The monoisotopic (exact) mass is 255 g/mol. The molecule has 4 heterocycles. The van der Waals surface area contributed by atoms with Crippen molar-refractivity contribution in [1.82, 2.24) is 24.6 Å². The van der Waals surface area contributed by atoms with Crippen molar-refractivity contribution in [3.63, 3.8) is 0 Å². The van der Waals surface area contributed by atoms with E-state index in [-0.39, 0.29) is 0 Å². The third-order valence-electron chi connectivity index (χ3n) is 2.92. The summed E-state index contributed by atoms with van der Waals surface area (Å²) in [6.45, 7) is 0. The molecule has 86 valence electrons. The Hall–Kier alpha value is -2.27. The Labute approximate surface area is 106 Å². The number of hydrogen-bond acceptors (Lipinski definition) is 4. The summed E-state index contributed by atoms with van der Waals surface area (Å²) in [7, 11) is 0. The molecule has 4 aromatic rings. The van der Waals surface area contributed by atoms with Gasteiger partial charge >= 0.3 is 0 Å². The summed E-state index contributed by atoms with van der Waals surface area (Å²) in [6.07, 6.45) is 6.79. The van der Waals surface area contributed by atoms with E-state index in [4.69, 9.17) is 11.6 Å². The van der Waals surface area contributed by atoms with Gasteiger partial charge in [0.05, 0.1) is 5.52 Å². The van der Waals surface area contributed by atoms with E-state index in [0.717, 1.165) is 27.3 Å². The van der Waals surface area contributed by atoms with Crippen LogP contribution in [0.2, 0.25) is 5.15 Å². The number of rotatable bonds is 0. The zero-order chi connectivity index (χ0) is 12.1. The molecule has 0 unspecified atom stereocenters. The molecule has 0 radical (unpaired) electrons. The molecule has 0 spiro atoms. The van der Waals surface area contributed by atoms with Crippen LogP contribution >= 0.6 is 11.6 Å². The van der Waals surface area contributed by atoms with E-state index in [1.165, 1.54) is 0 Å². The van der Waals surface area contributed by atoms with Gasteiger partial charge < -0.3 is 0 Å². The Kier molecular flexibility index (Phi) is 1.82. The summed E-state index contributed by atoms with van der Waals surface area (Å²) in [5.74, 6) is 0. The molecule has 0 atom stereocenters. The number of halogens is 1. The molecule has 0 aliphatic rings. The molecule has 6 heteroatoms. The summed E-state index contributed by atoms with van der Waals surface area (Å²) in [5, 5.41) is 6.69. The van der Waals surface area contributed by atoms with Gasteiger partial charge in [-0.3, -0.25) is 4.98 Å². The van der Waals surface area contributed by atoms with Crippen LogP contribution in [0.3, 0.4) is 0 Å². The number of hydrogen-bond donors (Lipinski definition) is 0. The second-order valence-electron chi connectivity index (χ2n) is 3.93. The molecule has 4 aromatic heterocycles. The second kappa shape index (κ2) is 3.36. The maximum Gasteiger partial charge on any atom is 0.139 e. The van der Waals surface area contributed by atoms with Crippen molar-refractivity contribution in [2.45, 2.75) is 0 Å². The Balaban J connectivity index is 2.36. The van der Waals surface area contributed by atoms with Crippen molar-refractivity contribution in [2.75, 3.05) is 0 Å². The van der Waals surface area contributed by atoms with Crippen LogP contribution in [0.4, 0.5) is 0 Å². The van der Waals surface area contributed by atoms with Crippen molar-refractivity contribution >= 4 is 38.9 Å². The standard InChI is InChI=1S/C12H6ClN5/c13-12-8-5-14-3-1-7(8)10-11(16-12)9-2-4-15-6-18(9)17-10/h1-6H. The van der Waals surface area contributed by atoms with E-state index in [1.807, 2.05) is 12.1 Å². The fourth-order valence-corrected chi connectivity index (χ4v) is 2.35. The van der Waals surface area contributed by atoms with Crippen LogP contribution in [0.1, 0.15) is 0 Å². The zero-order valence-corrected chi connectivity index (χ0v) is 9.83. The van der Waals surface area contributed by atoms with E-state index < -0.39 is 0 Å². The molecule has 4 rings (SSSR count). The topological polar surface area (TPSA) is 56.0 Å². The SMILES string of the molecule is Clc1nc2c(nn3cnccc23)c2ccncc12. The average molecular weight is 256 g/mol. The minimum atomic E-state index is 0.442. The Morgan fingerprint density at radius 2 is 1.89 bits per heavy atom. The molecule has 0 aromatic carbocycles. The van der Waals surface area contributed by atoms with Crippen molar-refractivity contribution in [2.24, 2.45) is 0 Å². The van der Waals surface area contributed by atoms with Gasteiger partial charge in [0, 0.05) is 29.4 Å². The lowest BCUT2D eigenvalue weighted by Crippen LogP contribution is -1.85. The summed E-state index contributed by atoms with van der Waals surface area (Å²) in [5.41, 5.74) is 2.48. The van der Waals surface area contributed by atoms with Gasteiger partial charge in [-0.05, 0) is 12.1 Å². The van der Waals surface area contributed by atoms with E-state index in [0.29, 0.717) is 5.15 Å². The van der Waals surface area contributed by atoms with Gasteiger partial charge in [-0.15, -0.1) is 0 Å². The van der Waals surface area contributed by atoms with Crippen molar-refractivity contribution < 1.29 is 0 Å². The maximum absolute atomic E-state index is 6.19.